The molecule has 6 nitrogen and oxygen atoms in total. The number of aromatic nitrogens is 4. The predicted octanol–water partition coefficient (Wildman–Crippen LogP) is 9.74. The van der Waals surface area contributed by atoms with Crippen LogP contribution in [0.3, 0.4) is 0 Å². The largest absolute Gasteiger partial charge is 0.353 e. The lowest BCUT2D eigenvalue weighted by atomic mass is 9.77. The zero-order chi connectivity index (χ0) is 30.9. The van der Waals surface area contributed by atoms with Crippen LogP contribution in [0.15, 0.2) is 90.3 Å². The van der Waals surface area contributed by atoms with E-state index in [1.807, 2.05) is 11.9 Å². The van der Waals surface area contributed by atoms with Crippen LogP contribution in [0.25, 0.3) is 66.6 Å². The van der Waals surface area contributed by atoms with E-state index in [1.165, 1.54) is 63.8 Å². The maximum absolute atomic E-state index is 5.64. The molecule has 4 saturated heterocycles. The van der Waals surface area contributed by atoms with E-state index in [-0.39, 0.29) is 0 Å². The number of piperidine rings is 3. The van der Waals surface area contributed by atoms with Crippen LogP contribution >= 0.6 is 23.5 Å². The molecule has 3 aromatic carbocycles. The molecule has 0 spiro atoms. The molecule has 4 aromatic heterocycles. The van der Waals surface area contributed by atoms with Gasteiger partial charge in [0.05, 0.1) is 34.0 Å². The number of fused-ring (bicyclic) bond motifs is 6. The highest BCUT2D eigenvalue weighted by Crippen LogP contribution is 2.52. The van der Waals surface area contributed by atoms with Gasteiger partial charge >= 0.3 is 0 Å². The Morgan fingerprint density at radius 1 is 0.787 bits per heavy atom. The van der Waals surface area contributed by atoms with Gasteiger partial charge in [-0.2, -0.15) is 4.37 Å². The van der Waals surface area contributed by atoms with Gasteiger partial charge in [0.25, 0.3) is 0 Å². The number of benzene rings is 3. The smallest absolute Gasteiger partial charge is 0.112 e. The van der Waals surface area contributed by atoms with Gasteiger partial charge in [0.2, 0.25) is 0 Å². The van der Waals surface area contributed by atoms with Gasteiger partial charge in [-0.25, -0.2) is 9.97 Å². The van der Waals surface area contributed by atoms with Crippen LogP contribution in [0.4, 0.5) is 5.69 Å². The Morgan fingerprint density at radius 2 is 1.66 bits per heavy atom. The molecule has 0 amide bonds. The number of aromatic amines is 1. The number of rotatable bonds is 5. The molecule has 4 fully saturated rings. The molecule has 232 valence electrons. The molecule has 0 aliphatic carbocycles. The van der Waals surface area contributed by atoms with Gasteiger partial charge in [0.1, 0.15) is 5.69 Å². The number of nitrogens with zero attached hydrogens (tertiary/aromatic N) is 5. The first-order chi connectivity index (χ1) is 23.3. The van der Waals surface area contributed by atoms with Crippen LogP contribution in [0, 0.1) is 5.92 Å². The standard InChI is InChI=1S/C39H34N6S2/c1-3-8-29-25(6-1)10-13-32(40-29)37-28-12-11-27(31-16-21-46-43-31)35(34-22-24-14-18-44(34)19-15-24)36(28)39(45-17-5-20-47-45)38(42-37)33-23-26-7-2-4-9-30(26)41-33/h1-4,6-13,16,21,23-24,34,41H,5,14-15,17-20,22H2. The Labute approximate surface area is 282 Å². The molecule has 8 heteroatoms. The van der Waals surface area contributed by atoms with Crippen LogP contribution in [-0.2, 0) is 0 Å². The summed E-state index contributed by atoms with van der Waals surface area (Å²) in [5.41, 5.74) is 11.0. The van der Waals surface area contributed by atoms with E-state index in [0.717, 1.165) is 82.6 Å². The van der Waals surface area contributed by atoms with Crippen molar-refractivity contribution in [1.82, 2.24) is 24.2 Å². The van der Waals surface area contributed by atoms with Crippen LogP contribution < -0.4 is 4.31 Å². The Kier molecular flexibility index (Phi) is 6.62. The number of hydrogen-bond donors (Lipinski definition) is 1. The van der Waals surface area contributed by atoms with Gasteiger partial charge in [-0.1, -0.05) is 54.6 Å². The third-order valence-corrected chi connectivity index (χ3v) is 12.2. The second kappa shape index (κ2) is 11.2. The van der Waals surface area contributed by atoms with Crippen molar-refractivity contribution in [3.8, 4) is 34.0 Å². The van der Waals surface area contributed by atoms with E-state index < -0.39 is 0 Å². The lowest BCUT2D eigenvalue weighted by Crippen LogP contribution is -2.44. The summed E-state index contributed by atoms with van der Waals surface area (Å²) in [5, 5.41) is 6.93. The van der Waals surface area contributed by atoms with Crippen molar-refractivity contribution in [2.75, 3.05) is 29.7 Å². The quantitative estimate of drug-likeness (QED) is 0.187. The number of para-hydroxylation sites is 2. The zero-order valence-electron chi connectivity index (χ0n) is 26.0. The molecule has 11 rings (SSSR count). The Morgan fingerprint density at radius 3 is 2.45 bits per heavy atom. The van der Waals surface area contributed by atoms with Crippen molar-refractivity contribution in [3.63, 3.8) is 0 Å². The maximum atomic E-state index is 5.64. The molecular formula is C39H34N6S2. The third kappa shape index (κ3) is 4.60. The summed E-state index contributed by atoms with van der Waals surface area (Å²) in [4.78, 5) is 17.4. The van der Waals surface area contributed by atoms with Crippen LogP contribution in [0.1, 0.15) is 37.3 Å². The van der Waals surface area contributed by atoms with E-state index >= 15 is 0 Å². The highest BCUT2D eigenvalue weighted by atomic mass is 32.2. The first-order valence-electron chi connectivity index (χ1n) is 16.8. The Bertz CT molecular complexity index is 2250. The number of pyridine rings is 2. The van der Waals surface area contributed by atoms with Crippen molar-refractivity contribution < 1.29 is 0 Å². The molecule has 1 N–H and O–H groups in total. The second-order valence-electron chi connectivity index (χ2n) is 13.2. The SMILES string of the molecule is c1ccc2nc(-c3nc(-c4cc5ccccc5[nH]4)c(N4CCCS4)c4c(C5CC6CCN5CC6)c(-c5ccsn5)ccc34)ccc2c1. The summed E-state index contributed by atoms with van der Waals surface area (Å²) in [7, 11) is 0. The number of nitrogens with one attached hydrogen (secondary N) is 1. The molecule has 0 radical (unpaired) electrons. The van der Waals surface area contributed by atoms with Crippen LogP contribution in [0.2, 0.25) is 0 Å². The van der Waals surface area contributed by atoms with Crippen molar-refractivity contribution in [1.29, 1.82) is 0 Å². The molecular weight excluding hydrogens is 617 g/mol. The fourth-order valence-corrected chi connectivity index (χ4v) is 9.82. The molecule has 4 aliphatic heterocycles. The molecule has 47 heavy (non-hydrogen) atoms. The number of H-pyrrole nitrogens is 1. The Balaban J connectivity index is 1.35. The van der Waals surface area contributed by atoms with Crippen LogP contribution in [-0.4, -0.2) is 49.6 Å². The molecule has 8 heterocycles. The topological polar surface area (TPSA) is 60.9 Å². The number of anilines is 1. The summed E-state index contributed by atoms with van der Waals surface area (Å²) in [5.74, 6) is 1.88. The van der Waals surface area contributed by atoms with Gasteiger partial charge in [0.15, 0.2) is 0 Å². The van der Waals surface area contributed by atoms with Crippen LogP contribution in [0.5, 0.6) is 0 Å². The third-order valence-electron chi connectivity index (χ3n) is 10.5. The summed E-state index contributed by atoms with van der Waals surface area (Å²) >= 11 is 3.48. The Hall–Kier alpha value is -4.24. The average Bonchev–Trinajstić information content (AvgIpc) is 3.94. The minimum atomic E-state index is 0.338. The summed E-state index contributed by atoms with van der Waals surface area (Å²) in [6.07, 6.45) is 4.95. The van der Waals surface area contributed by atoms with E-state index in [2.05, 4.69) is 104 Å². The normalized spacial score (nSPS) is 21.0. The molecule has 1 unspecified atom stereocenters. The first kappa shape index (κ1) is 27.8. The monoisotopic (exact) mass is 650 g/mol. The van der Waals surface area contributed by atoms with Gasteiger partial charge in [-0.05, 0) is 104 Å². The number of hydrogen-bond acceptors (Lipinski definition) is 7. The molecule has 0 saturated carbocycles. The fraction of sp³-hybridized carbons (Fsp3) is 0.256. The molecule has 4 aliphatic rings. The lowest BCUT2D eigenvalue weighted by Gasteiger charge is -2.46. The highest BCUT2D eigenvalue weighted by molar-refractivity contribution is 8.00. The minimum Gasteiger partial charge on any atom is -0.353 e. The molecule has 2 bridgehead atoms. The van der Waals surface area contributed by atoms with Crippen molar-refractivity contribution in [2.45, 2.75) is 31.7 Å². The second-order valence-corrected chi connectivity index (χ2v) is 14.9. The van der Waals surface area contributed by atoms with E-state index in [1.54, 1.807) is 0 Å². The predicted molar refractivity (Wildman–Crippen MR) is 197 cm³/mol. The van der Waals surface area contributed by atoms with E-state index in [0.29, 0.717) is 6.04 Å². The maximum Gasteiger partial charge on any atom is 0.112 e. The van der Waals surface area contributed by atoms with Gasteiger partial charge < -0.3 is 9.29 Å². The molecule has 1 atom stereocenters. The minimum absolute atomic E-state index is 0.338. The zero-order valence-corrected chi connectivity index (χ0v) is 27.7. The van der Waals surface area contributed by atoms with Crippen molar-refractivity contribution in [3.05, 3.63) is 95.9 Å². The first-order valence-corrected chi connectivity index (χ1v) is 18.6. The summed E-state index contributed by atoms with van der Waals surface area (Å²) < 4.78 is 7.47. The van der Waals surface area contributed by atoms with Gasteiger partial charge in [0, 0.05) is 56.3 Å². The van der Waals surface area contributed by atoms with E-state index in [4.69, 9.17) is 14.3 Å². The molecule has 7 aromatic rings. The average molecular weight is 651 g/mol. The highest BCUT2D eigenvalue weighted by Gasteiger charge is 2.38. The summed E-state index contributed by atoms with van der Waals surface area (Å²) in [6.45, 7) is 3.32. The van der Waals surface area contributed by atoms with E-state index in [9.17, 15) is 0 Å². The van der Waals surface area contributed by atoms with Crippen molar-refractivity contribution in [2.24, 2.45) is 5.92 Å². The summed E-state index contributed by atoms with van der Waals surface area (Å²) in [6, 6.07) is 30.7. The lowest BCUT2D eigenvalue weighted by molar-refractivity contribution is 0.0500. The van der Waals surface area contributed by atoms with Gasteiger partial charge in [-0.15, -0.1) is 0 Å². The fourth-order valence-electron chi connectivity index (χ4n) is 8.25. The van der Waals surface area contributed by atoms with Gasteiger partial charge in [-0.3, -0.25) is 4.90 Å². The van der Waals surface area contributed by atoms with Crippen molar-refractivity contribution >= 4 is 61.7 Å².